The lowest BCUT2D eigenvalue weighted by atomic mass is 10.0. The van der Waals surface area contributed by atoms with E-state index >= 15 is 0 Å². The Hall–Kier alpha value is -0.250. The van der Waals surface area contributed by atoms with Gasteiger partial charge in [-0.15, -0.1) is 11.6 Å². The number of alkyl halides is 1. The lowest BCUT2D eigenvalue weighted by Gasteiger charge is -2.20. The van der Waals surface area contributed by atoms with Gasteiger partial charge in [0.15, 0.2) is 0 Å². The van der Waals surface area contributed by atoms with E-state index < -0.39 is 0 Å². The van der Waals surface area contributed by atoms with Crippen LogP contribution in [0.4, 0.5) is 0 Å². The van der Waals surface area contributed by atoms with Crippen molar-refractivity contribution in [3.8, 4) is 5.75 Å². The molecule has 1 saturated heterocycles. The number of halogens is 2. The van der Waals surface area contributed by atoms with Crippen LogP contribution in [-0.4, -0.2) is 19.8 Å². The molecule has 0 bridgehead atoms. The van der Waals surface area contributed by atoms with Gasteiger partial charge < -0.3 is 9.47 Å². The molecule has 2 atom stereocenters. The molecule has 0 radical (unpaired) electrons. The summed E-state index contributed by atoms with van der Waals surface area (Å²) in [6.07, 6.45) is 2.20. The topological polar surface area (TPSA) is 18.5 Å². The Kier molecular flexibility index (Phi) is 4.34. The molecule has 0 amide bonds. The van der Waals surface area contributed by atoms with Crippen LogP contribution < -0.4 is 4.74 Å². The summed E-state index contributed by atoms with van der Waals surface area (Å²) in [7, 11) is 1.67. The number of hydrogen-bond donors (Lipinski definition) is 0. The van der Waals surface area contributed by atoms with Gasteiger partial charge >= 0.3 is 0 Å². The Morgan fingerprint density at radius 2 is 2.29 bits per heavy atom. The van der Waals surface area contributed by atoms with Crippen LogP contribution in [-0.2, 0) is 4.74 Å². The first-order valence-electron chi connectivity index (χ1n) is 5.73. The summed E-state index contributed by atoms with van der Waals surface area (Å²) in [5.74, 6) is 0.834. The molecule has 1 heterocycles. The second kappa shape index (κ2) is 5.59. The second-order valence-corrected chi connectivity index (χ2v) is 5.62. The second-order valence-electron chi connectivity index (χ2n) is 4.30. The van der Waals surface area contributed by atoms with Gasteiger partial charge in [0, 0.05) is 16.6 Å². The Morgan fingerprint density at radius 3 is 2.88 bits per heavy atom. The number of hydrogen-bond acceptors (Lipinski definition) is 2. The fourth-order valence-electron chi connectivity index (χ4n) is 2.10. The van der Waals surface area contributed by atoms with Gasteiger partial charge in [-0.3, -0.25) is 0 Å². The zero-order valence-electron chi connectivity index (χ0n) is 10.0. The van der Waals surface area contributed by atoms with Gasteiger partial charge in [-0.2, -0.15) is 0 Å². The van der Waals surface area contributed by atoms with Crippen molar-refractivity contribution >= 4 is 27.5 Å². The van der Waals surface area contributed by atoms with E-state index in [9.17, 15) is 0 Å². The molecule has 1 aromatic carbocycles. The smallest absolute Gasteiger partial charge is 0.123 e. The first kappa shape index (κ1) is 13.2. The van der Waals surface area contributed by atoms with E-state index in [0.717, 1.165) is 40.8 Å². The molecular formula is C13H16BrClO2. The molecule has 0 aromatic heterocycles. The molecule has 2 unspecified atom stereocenters. The first-order valence-corrected chi connectivity index (χ1v) is 6.96. The molecule has 0 N–H and O–H groups in total. The fraction of sp³-hybridized carbons (Fsp3) is 0.538. The highest BCUT2D eigenvalue weighted by Crippen LogP contribution is 2.39. The van der Waals surface area contributed by atoms with Gasteiger partial charge in [0.2, 0.25) is 0 Å². The predicted molar refractivity (Wildman–Crippen MR) is 73.0 cm³/mol. The van der Waals surface area contributed by atoms with Crippen LogP contribution in [0.25, 0.3) is 0 Å². The van der Waals surface area contributed by atoms with Crippen molar-refractivity contribution in [2.45, 2.75) is 31.2 Å². The van der Waals surface area contributed by atoms with Gasteiger partial charge in [-0.25, -0.2) is 0 Å². The Labute approximate surface area is 115 Å². The molecule has 0 saturated carbocycles. The molecule has 94 valence electrons. The number of benzene rings is 1. The standard InChI is InChI=1S/C13H16BrClO2/c1-8-6-12(16-2)9(7-10(8)14)13(15)11-4-3-5-17-11/h6-7,11,13H,3-5H2,1-2H3. The van der Waals surface area contributed by atoms with Crippen LogP contribution in [0, 0.1) is 6.92 Å². The maximum Gasteiger partial charge on any atom is 0.123 e. The maximum absolute atomic E-state index is 6.49. The van der Waals surface area contributed by atoms with Gasteiger partial charge in [0.1, 0.15) is 5.75 Å². The molecule has 1 aliphatic rings. The van der Waals surface area contributed by atoms with E-state index in [4.69, 9.17) is 21.1 Å². The molecular weight excluding hydrogens is 303 g/mol. The third-order valence-corrected chi connectivity index (χ3v) is 4.47. The van der Waals surface area contributed by atoms with E-state index in [0.29, 0.717) is 0 Å². The number of aryl methyl sites for hydroxylation is 1. The average Bonchev–Trinajstić information content (AvgIpc) is 2.84. The van der Waals surface area contributed by atoms with Crippen molar-refractivity contribution in [2.24, 2.45) is 0 Å². The fourth-order valence-corrected chi connectivity index (χ4v) is 2.83. The molecule has 1 aromatic rings. The summed E-state index contributed by atoms with van der Waals surface area (Å²) in [5.41, 5.74) is 2.14. The zero-order chi connectivity index (χ0) is 12.4. The maximum atomic E-state index is 6.49. The van der Waals surface area contributed by atoms with E-state index in [2.05, 4.69) is 15.9 Å². The van der Waals surface area contributed by atoms with Gasteiger partial charge in [-0.1, -0.05) is 15.9 Å². The minimum absolute atomic E-state index is 0.0974. The first-order chi connectivity index (χ1) is 8.13. The summed E-state index contributed by atoms with van der Waals surface area (Å²) in [5, 5.41) is -0.149. The summed E-state index contributed by atoms with van der Waals surface area (Å²) >= 11 is 10.0. The Morgan fingerprint density at radius 1 is 1.53 bits per heavy atom. The quantitative estimate of drug-likeness (QED) is 0.776. The minimum Gasteiger partial charge on any atom is -0.496 e. The van der Waals surface area contributed by atoms with Gasteiger partial charge in [0.25, 0.3) is 0 Å². The highest BCUT2D eigenvalue weighted by atomic mass is 79.9. The van der Waals surface area contributed by atoms with Crippen LogP contribution >= 0.6 is 27.5 Å². The van der Waals surface area contributed by atoms with Crippen LogP contribution in [0.3, 0.4) is 0 Å². The monoisotopic (exact) mass is 318 g/mol. The van der Waals surface area contributed by atoms with Crippen molar-refractivity contribution in [1.29, 1.82) is 0 Å². The van der Waals surface area contributed by atoms with Crippen LogP contribution in [0.1, 0.15) is 29.3 Å². The third-order valence-electron chi connectivity index (χ3n) is 3.10. The van der Waals surface area contributed by atoms with E-state index in [1.54, 1.807) is 7.11 Å². The SMILES string of the molecule is COc1cc(C)c(Br)cc1C(Cl)C1CCCO1. The summed E-state index contributed by atoms with van der Waals surface area (Å²) in [6.45, 7) is 2.84. The zero-order valence-corrected chi connectivity index (χ0v) is 12.3. The van der Waals surface area contributed by atoms with E-state index in [-0.39, 0.29) is 11.5 Å². The lowest BCUT2D eigenvalue weighted by molar-refractivity contribution is 0.107. The van der Waals surface area contributed by atoms with Gasteiger partial charge in [-0.05, 0) is 37.5 Å². The predicted octanol–water partition coefficient (Wildman–Crippen LogP) is 4.23. The summed E-state index contributed by atoms with van der Waals surface area (Å²) in [6, 6.07) is 4.04. The highest BCUT2D eigenvalue weighted by Gasteiger charge is 2.28. The molecule has 17 heavy (non-hydrogen) atoms. The van der Waals surface area contributed by atoms with Crippen LogP contribution in [0.2, 0.25) is 0 Å². The minimum atomic E-state index is -0.149. The van der Waals surface area contributed by atoms with Gasteiger partial charge in [0.05, 0.1) is 18.6 Å². The van der Waals surface area contributed by atoms with Crippen molar-refractivity contribution in [1.82, 2.24) is 0 Å². The van der Waals surface area contributed by atoms with Crippen LogP contribution in [0.5, 0.6) is 5.75 Å². The molecule has 4 heteroatoms. The van der Waals surface area contributed by atoms with Crippen molar-refractivity contribution in [2.75, 3.05) is 13.7 Å². The Bertz CT molecular complexity index is 403. The van der Waals surface area contributed by atoms with Crippen molar-refractivity contribution in [3.05, 3.63) is 27.7 Å². The number of rotatable bonds is 3. The molecule has 0 aliphatic carbocycles. The molecule has 1 aliphatic heterocycles. The number of methoxy groups -OCH3 is 1. The third kappa shape index (κ3) is 2.78. The molecule has 1 fully saturated rings. The lowest BCUT2D eigenvalue weighted by Crippen LogP contribution is -2.13. The highest BCUT2D eigenvalue weighted by molar-refractivity contribution is 9.10. The van der Waals surface area contributed by atoms with Crippen molar-refractivity contribution in [3.63, 3.8) is 0 Å². The normalized spacial score (nSPS) is 21.5. The summed E-state index contributed by atoms with van der Waals surface area (Å²) < 4.78 is 12.1. The molecule has 2 rings (SSSR count). The van der Waals surface area contributed by atoms with Crippen molar-refractivity contribution < 1.29 is 9.47 Å². The average molecular weight is 320 g/mol. The molecule has 2 nitrogen and oxygen atoms in total. The Balaban J connectivity index is 2.32. The number of ether oxygens (including phenoxy) is 2. The molecule has 0 spiro atoms. The van der Waals surface area contributed by atoms with E-state index in [1.807, 2.05) is 19.1 Å². The van der Waals surface area contributed by atoms with Crippen LogP contribution in [0.15, 0.2) is 16.6 Å². The largest absolute Gasteiger partial charge is 0.496 e. The van der Waals surface area contributed by atoms with E-state index in [1.165, 1.54) is 0 Å². The summed E-state index contributed by atoms with van der Waals surface area (Å²) in [4.78, 5) is 0.